The summed E-state index contributed by atoms with van der Waals surface area (Å²) in [5, 5.41) is 0. The third kappa shape index (κ3) is 3.33. The van der Waals surface area contributed by atoms with Crippen LogP contribution < -0.4 is 5.73 Å². The Kier molecular flexibility index (Phi) is 4.57. The van der Waals surface area contributed by atoms with E-state index in [4.69, 9.17) is 5.73 Å². The van der Waals surface area contributed by atoms with Crippen molar-refractivity contribution in [3.05, 3.63) is 11.6 Å². The van der Waals surface area contributed by atoms with Gasteiger partial charge in [0.2, 0.25) is 0 Å². The van der Waals surface area contributed by atoms with Crippen LogP contribution in [-0.2, 0) is 0 Å². The molecular weight excluding hydrogens is 196 g/mol. The zero-order valence-corrected chi connectivity index (χ0v) is 11.6. The predicted molar refractivity (Wildman–Crippen MR) is 71.5 cm³/mol. The lowest BCUT2D eigenvalue weighted by Gasteiger charge is -2.44. The van der Waals surface area contributed by atoms with Gasteiger partial charge in [0.1, 0.15) is 0 Å². The van der Waals surface area contributed by atoms with Gasteiger partial charge < -0.3 is 5.73 Å². The largest absolute Gasteiger partial charge is 0.326 e. The van der Waals surface area contributed by atoms with Crippen LogP contribution in [0.2, 0.25) is 0 Å². The summed E-state index contributed by atoms with van der Waals surface area (Å²) in [6.45, 7) is 13.6. The van der Waals surface area contributed by atoms with Crippen molar-refractivity contribution in [3.8, 4) is 0 Å². The number of rotatable bonds is 3. The smallest absolute Gasteiger partial charge is 0.0298 e. The first-order chi connectivity index (χ1) is 7.36. The molecule has 2 atom stereocenters. The van der Waals surface area contributed by atoms with Crippen molar-refractivity contribution in [2.45, 2.75) is 59.5 Å². The minimum Gasteiger partial charge on any atom is -0.326 e. The second-order valence-corrected chi connectivity index (χ2v) is 6.18. The van der Waals surface area contributed by atoms with E-state index in [0.717, 1.165) is 19.5 Å². The lowest BCUT2D eigenvalue weighted by Crippen LogP contribution is -2.55. The third-order valence-electron chi connectivity index (χ3n) is 3.63. The molecule has 0 aliphatic carbocycles. The number of nitrogens with two attached hydrogens (primary N) is 1. The van der Waals surface area contributed by atoms with Gasteiger partial charge in [-0.05, 0) is 25.2 Å². The fraction of sp³-hybridized carbons (Fsp3) is 0.857. The zero-order valence-electron chi connectivity index (χ0n) is 11.6. The van der Waals surface area contributed by atoms with Gasteiger partial charge in [0.05, 0.1) is 0 Å². The van der Waals surface area contributed by atoms with E-state index in [1.165, 1.54) is 12.0 Å². The van der Waals surface area contributed by atoms with Gasteiger partial charge >= 0.3 is 0 Å². The monoisotopic (exact) mass is 224 g/mol. The molecule has 2 nitrogen and oxygen atoms in total. The first-order valence-corrected chi connectivity index (χ1v) is 6.51. The Labute approximate surface area is 101 Å². The van der Waals surface area contributed by atoms with Crippen LogP contribution in [0, 0.1) is 5.41 Å². The fourth-order valence-corrected chi connectivity index (χ4v) is 2.72. The number of hydrogen-bond acceptors (Lipinski definition) is 2. The Balaban J connectivity index is 2.78. The van der Waals surface area contributed by atoms with Crippen molar-refractivity contribution in [2.75, 3.05) is 13.1 Å². The highest BCUT2D eigenvalue weighted by Crippen LogP contribution is 2.29. The summed E-state index contributed by atoms with van der Waals surface area (Å²) in [7, 11) is 0. The maximum atomic E-state index is 6.31. The van der Waals surface area contributed by atoms with Crippen molar-refractivity contribution in [1.29, 1.82) is 0 Å². The molecule has 0 fully saturated rings. The van der Waals surface area contributed by atoms with Crippen molar-refractivity contribution < 1.29 is 0 Å². The summed E-state index contributed by atoms with van der Waals surface area (Å²) in [6, 6.07) is 0.772. The molecule has 0 saturated carbocycles. The highest BCUT2D eigenvalue weighted by Gasteiger charge is 2.34. The molecule has 1 heterocycles. The van der Waals surface area contributed by atoms with Gasteiger partial charge in [0.15, 0.2) is 0 Å². The molecule has 1 rings (SSSR count). The van der Waals surface area contributed by atoms with E-state index in [2.05, 4.69) is 45.6 Å². The highest BCUT2D eigenvalue weighted by atomic mass is 15.2. The quantitative estimate of drug-likeness (QED) is 0.747. The van der Waals surface area contributed by atoms with E-state index < -0.39 is 0 Å². The van der Waals surface area contributed by atoms with E-state index in [1.807, 2.05) is 0 Å². The molecule has 2 heteroatoms. The molecule has 0 aromatic heterocycles. The summed E-state index contributed by atoms with van der Waals surface area (Å²) in [6.07, 6.45) is 4.61. The molecule has 0 aromatic carbocycles. The second kappa shape index (κ2) is 5.33. The Bertz CT molecular complexity index is 250. The standard InChI is InChI=1S/C14H28N2/c1-6-12(15)13(14(3,4)5)16-9-7-11(2)8-10-16/h7,12-13H,6,8-10,15H2,1-5H3. The number of hydrogen-bond donors (Lipinski definition) is 1. The summed E-state index contributed by atoms with van der Waals surface area (Å²) < 4.78 is 0. The van der Waals surface area contributed by atoms with Gasteiger partial charge in [-0.15, -0.1) is 0 Å². The van der Waals surface area contributed by atoms with Gasteiger partial charge in [-0.1, -0.05) is 39.3 Å². The molecule has 1 aliphatic rings. The van der Waals surface area contributed by atoms with Crippen molar-refractivity contribution in [3.63, 3.8) is 0 Å². The molecule has 16 heavy (non-hydrogen) atoms. The third-order valence-corrected chi connectivity index (χ3v) is 3.63. The SMILES string of the molecule is CCC(N)C(N1CC=C(C)CC1)C(C)(C)C. The van der Waals surface area contributed by atoms with Crippen LogP contribution in [0.5, 0.6) is 0 Å². The lowest BCUT2D eigenvalue weighted by molar-refractivity contribution is 0.0834. The minimum absolute atomic E-state index is 0.258. The molecule has 0 aromatic rings. The van der Waals surface area contributed by atoms with Gasteiger partial charge in [-0.2, -0.15) is 0 Å². The highest BCUT2D eigenvalue weighted by molar-refractivity contribution is 5.06. The summed E-state index contributed by atoms with van der Waals surface area (Å²) in [4.78, 5) is 2.56. The van der Waals surface area contributed by atoms with E-state index in [1.54, 1.807) is 0 Å². The summed E-state index contributed by atoms with van der Waals surface area (Å²) >= 11 is 0. The molecule has 2 unspecified atom stereocenters. The number of nitrogens with zero attached hydrogens (tertiary/aromatic N) is 1. The molecule has 1 aliphatic heterocycles. The van der Waals surface area contributed by atoms with E-state index in [0.29, 0.717) is 6.04 Å². The molecule has 2 N–H and O–H groups in total. The van der Waals surface area contributed by atoms with Gasteiger partial charge in [0.25, 0.3) is 0 Å². The zero-order chi connectivity index (χ0) is 12.3. The van der Waals surface area contributed by atoms with Crippen LogP contribution in [-0.4, -0.2) is 30.1 Å². The maximum absolute atomic E-state index is 6.31. The Hall–Kier alpha value is -0.340. The van der Waals surface area contributed by atoms with E-state index >= 15 is 0 Å². The average molecular weight is 224 g/mol. The van der Waals surface area contributed by atoms with Gasteiger partial charge in [0, 0.05) is 25.2 Å². The normalized spacial score (nSPS) is 22.8. The molecule has 0 bridgehead atoms. The fourth-order valence-electron chi connectivity index (χ4n) is 2.72. The predicted octanol–water partition coefficient (Wildman–Crippen LogP) is 2.79. The van der Waals surface area contributed by atoms with Crippen LogP contribution >= 0.6 is 0 Å². The molecule has 0 spiro atoms. The van der Waals surface area contributed by atoms with Crippen LogP contribution in [0.25, 0.3) is 0 Å². The van der Waals surface area contributed by atoms with Gasteiger partial charge in [-0.25, -0.2) is 0 Å². The topological polar surface area (TPSA) is 29.3 Å². The van der Waals surface area contributed by atoms with Crippen LogP contribution in [0.3, 0.4) is 0 Å². The van der Waals surface area contributed by atoms with Crippen LogP contribution in [0.1, 0.15) is 47.5 Å². The Morgan fingerprint density at radius 2 is 2.06 bits per heavy atom. The Morgan fingerprint density at radius 3 is 2.44 bits per heavy atom. The molecule has 94 valence electrons. The first-order valence-electron chi connectivity index (χ1n) is 6.51. The second-order valence-electron chi connectivity index (χ2n) is 6.18. The average Bonchev–Trinajstić information content (AvgIpc) is 2.19. The van der Waals surface area contributed by atoms with Crippen LogP contribution in [0.15, 0.2) is 11.6 Å². The van der Waals surface area contributed by atoms with E-state index in [9.17, 15) is 0 Å². The van der Waals surface area contributed by atoms with E-state index in [-0.39, 0.29) is 11.5 Å². The molecule has 0 amide bonds. The van der Waals surface area contributed by atoms with Crippen molar-refractivity contribution in [1.82, 2.24) is 4.90 Å². The minimum atomic E-state index is 0.258. The first kappa shape index (κ1) is 13.7. The summed E-state index contributed by atoms with van der Waals surface area (Å²) in [5.74, 6) is 0. The molecule has 0 saturated heterocycles. The lowest BCUT2D eigenvalue weighted by atomic mass is 9.80. The maximum Gasteiger partial charge on any atom is 0.0298 e. The van der Waals surface area contributed by atoms with Crippen molar-refractivity contribution in [2.24, 2.45) is 11.1 Å². The summed E-state index contributed by atoms with van der Waals surface area (Å²) in [5.41, 5.74) is 8.09. The van der Waals surface area contributed by atoms with Crippen LogP contribution in [0.4, 0.5) is 0 Å². The Morgan fingerprint density at radius 1 is 1.44 bits per heavy atom. The molecular formula is C14H28N2. The molecule has 0 radical (unpaired) electrons. The van der Waals surface area contributed by atoms with Gasteiger partial charge in [-0.3, -0.25) is 4.90 Å². The van der Waals surface area contributed by atoms with Crippen molar-refractivity contribution >= 4 is 0 Å².